The highest BCUT2D eigenvalue weighted by Gasteiger charge is 2.22. The van der Waals surface area contributed by atoms with Crippen LogP contribution in [-0.4, -0.2) is 37.1 Å². The Kier molecular flexibility index (Phi) is 6.09. The monoisotopic (exact) mass is 400 g/mol. The van der Waals surface area contributed by atoms with Gasteiger partial charge in [-0.2, -0.15) is 5.26 Å². The maximum absolute atomic E-state index is 12.2. The van der Waals surface area contributed by atoms with E-state index in [9.17, 15) is 10.1 Å². The second-order valence-electron chi connectivity index (χ2n) is 7.52. The molecule has 0 spiro atoms. The van der Waals surface area contributed by atoms with E-state index < -0.39 is 0 Å². The minimum absolute atomic E-state index is 0.0106. The van der Waals surface area contributed by atoms with Gasteiger partial charge in [0.05, 0.1) is 5.56 Å². The van der Waals surface area contributed by atoms with Crippen molar-refractivity contribution in [1.82, 2.24) is 10.3 Å². The number of anilines is 1. The molecule has 4 rings (SSSR count). The summed E-state index contributed by atoms with van der Waals surface area (Å²) >= 11 is 0. The van der Waals surface area contributed by atoms with Gasteiger partial charge < -0.3 is 15.0 Å². The number of hydrogen-bond donors (Lipinski definition) is 1. The lowest BCUT2D eigenvalue weighted by molar-refractivity contribution is -0.123. The summed E-state index contributed by atoms with van der Waals surface area (Å²) < 4.78 is 5.66. The molecule has 0 radical (unpaired) electrons. The number of nitrogens with one attached hydrogen (secondary N) is 1. The first-order valence-electron chi connectivity index (χ1n) is 10.2. The highest BCUT2D eigenvalue weighted by atomic mass is 16.5. The average molecular weight is 400 g/mol. The SMILES string of the molecule is N#Cc1cccnc1N1CCC(CNC(=O)COc2ccc3ccccc3c2)CC1. The fourth-order valence-electron chi connectivity index (χ4n) is 3.80. The molecule has 2 heterocycles. The van der Waals surface area contributed by atoms with Gasteiger partial charge in [-0.25, -0.2) is 4.98 Å². The van der Waals surface area contributed by atoms with E-state index in [1.165, 1.54) is 0 Å². The Morgan fingerprint density at radius 3 is 2.73 bits per heavy atom. The van der Waals surface area contributed by atoms with Crippen molar-refractivity contribution in [3.63, 3.8) is 0 Å². The maximum atomic E-state index is 12.2. The highest BCUT2D eigenvalue weighted by Crippen LogP contribution is 2.24. The minimum atomic E-state index is -0.109. The average Bonchev–Trinajstić information content (AvgIpc) is 2.81. The lowest BCUT2D eigenvalue weighted by Gasteiger charge is -2.33. The molecule has 6 nitrogen and oxygen atoms in total. The van der Waals surface area contributed by atoms with Crippen LogP contribution < -0.4 is 15.0 Å². The largest absolute Gasteiger partial charge is 0.484 e. The summed E-state index contributed by atoms with van der Waals surface area (Å²) in [6.07, 6.45) is 3.62. The van der Waals surface area contributed by atoms with Gasteiger partial charge in [0, 0.05) is 25.8 Å². The topological polar surface area (TPSA) is 78.3 Å². The number of ether oxygens (including phenoxy) is 1. The molecule has 0 aliphatic carbocycles. The number of nitriles is 1. The van der Waals surface area contributed by atoms with Crippen LogP contribution in [0.1, 0.15) is 18.4 Å². The normalized spacial score (nSPS) is 14.3. The molecule has 1 saturated heterocycles. The van der Waals surface area contributed by atoms with Gasteiger partial charge in [-0.15, -0.1) is 0 Å². The van der Waals surface area contributed by atoms with Crippen LogP contribution in [0.2, 0.25) is 0 Å². The van der Waals surface area contributed by atoms with Crippen LogP contribution in [0.5, 0.6) is 5.75 Å². The van der Waals surface area contributed by atoms with Crippen molar-refractivity contribution in [3.8, 4) is 11.8 Å². The highest BCUT2D eigenvalue weighted by molar-refractivity contribution is 5.84. The number of benzene rings is 2. The van der Waals surface area contributed by atoms with Crippen LogP contribution in [0.3, 0.4) is 0 Å². The van der Waals surface area contributed by atoms with E-state index in [0.717, 1.165) is 42.5 Å². The third kappa shape index (κ3) is 4.69. The number of nitrogens with zero attached hydrogens (tertiary/aromatic N) is 3. The van der Waals surface area contributed by atoms with Crippen LogP contribution >= 0.6 is 0 Å². The Labute approximate surface area is 176 Å². The van der Waals surface area contributed by atoms with Crippen LogP contribution in [0.25, 0.3) is 10.8 Å². The summed E-state index contributed by atoms with van der Waals surface area (Å²) in [4.78, 5) is 18.7. The molecular weight excluding hydrogens is 376 g/mol. The van der Waals surface area contributed by atoms with Gasteiger partial charge in [0.25, 0.3) is 5.91 Å². The van der Waals surface area contributed by atoms with Gasteiger partial charge in [-0.1, -0.05) is 30.3 Å². The van der Waals surface area contributed by atoms with Crippen molar-refractivity contribution >= 4 is 22.5 Å². The molecule has 1 aromatic heterocycles. The lowest BCUT2D eigenvalue weighted by atomic mass is 9.96. The van der Waals surface area contributed by atoms with Gasteiger partial charge in [-0.05, 0) is 53.8 Å². The molecule has 6 heteroatoms. The second kappa shape index (κ2) is 9.27. The van der Waals surface area contributed by atoms with E-state index in [-0.39, 0.29) is 12.5 Å². The van der Waals surface area contributed by atoms with E-state index in [1.54, 1.807) is 18.3 Å². The van der Waals surface area contributed by atoms with E-state index >= 15 is 0 Å². The molecule has 1 aliphatic heterocycles. The van der Waals surface area contributed by atoms with Crippen LogP contribution in [0.4, 0.5) is 5.82 Å². The summed E-state index contributed by atoms with van der Waals surface area (Å²) in [5, 5.41) is 14.5. The number of fused-ring (bicyclic) bond motifs is 1. The zero-order chi connectivity index (χ0) is 20.8. The Bertz CT molecular complexity index is 1070. The van der Waals surface area contributed by atoms with Gasteiger partial charge in [0.1, 0.15) is 17.6 Å². The Hall–Kier alpha value is -3.59. The molecule has 0 atom stereocenters. The number of rotatable bonds is 6. The molecule has 30 heavy (non-hydrogen) atoms. The molecule has 1 fully saturated rings. The molecule has 2 aromatic carbocycles. The standard InChI is InChI=1S/C24H24N4O2/c25-15-21-6-3-11-26-24(21)28-12-9-18(10-13-28)16-27-23(29)17-30-22-8-7-19-4-1-2-5-20(19)14-22/h1-8,11,14,18H,9-10,12-13,16-17H2,(H,27,29). The second-order valence-corrected chi connectivity index (χ2v) is 7.52. The summed E-state index contributed by atoms with van der Waals surface area (Å²) in [7, 11) is 0. The molecular formula is C24H24N4O2. The van der Waals surface area contributed by atoms with Gasteiger partial charge in [0.15, 0.2) is 6.61 Å². The van der Waals surface area contributed by atoms with Crippen molar-refractivity contribution < 1.29 is 9.53 Å². The van der Waals surface area contributed by atoms with Crippen LogP contribution in [-0.2, 0) is 4.79 Å². The van der Waals surface area contributed by atoms with Gasteiger partial charge >= 0.3 is 0 Å². The van der Waals surface area contributed by atoms with Crippen molar-refractivity contribution in [2.75, 3.05) is 31.1 Å². The van der Waals surface area contributed by atoms with Crippen LogP contribution in [0, 0.1) is 17.2 Å². The fraction of sp³-hybridized carbons (Fsp3) is 0.292. The Balaban J connectivity index is 1.21. The third-order valence-corrected chi connectivity index (χ3v) is 5.50. The summed E-state index contributed by atoms with van der Waals surface area (Å²) in [6.45, 7) is 2.32. The van der Waals surface area contributed by atoms with E-state index in [0.29, 0.717) is 23.8 Å². The number of carbonyl (C=O) groups is 1. The first kappa shape index (κ1) is 19.7. The number of aromatic nitrogens is 1. The summed E-state index contributed by atoms with van der Waals surface area (Å²) in [5.41, 5.74) is 0.607. The molecule has 1 amide bonds. The van der Waals surface area contributed by atoms with Gasteiger partial charge in [0.2, 0.25) is 0 Å². The quantitative estimate of drug-likeness (QED) is 0.685. The van der Waals surface area contributed by atoms with Crippen molar-refractivity contribution in [2.45, 2.75) is 12.8 Å². The lowest BCUT2D eigenvalue weighted by Crippen LogP contribution is -2.40. The molecule has 1 aliphatic rings. The van der Waals surface area contributed by atoms with E-state index in [2.05, 4.69) is 21.3 Å². The molecule has 0 saturated carbocycles. The number of piperidine rings is 1. The molecule has 1 N–H and O–H groups in total. The number of hydrogen-bond acceptors (Lipinski definition) is 5. The smallest absolute Gasteiger partial charge is 0.257 e. The molecule has 0 unspecified atom stereocenters. The molecule has 3 aromatic rings. The Morgan fingerprint density at radius 1 is 1.13 bits per heavy atom. The predicted molar refractivity (Wildman–Crippen MR) is 116 cm³/mol. The van der Waals surface area contributed by atoms with Crippen molar-refractivity contribution in [1.29, 1.82) is 5.26 Å². The summed E-state index contributed by atoms with van der Waals surface area (Å²) in [5.74, 6) is 1.76. The van der Waals surface area contributed by atoms with Crippen LogP contribution in [0.15, 0.2) is 60.8 Å². The zero-order valence-electron chi connectivity index (χ0n) is 16.8. The minimum Gasteiger partial charge on any atom is -0.484 e. The number of carbonyl (C=O) groups excluding carboxylic acids is 1. The predicted octanol–water partition coefficient (Wildman–Crippen LogP) is 3.52. The molecule has 152 valence electrons. The first-order chi connectivity index (χ1) is 14.7. The van der Waals surface area contributed by atoms with Crippen molar-refractivity contribution in [2.24, 2.45) is 5.92 Å². The Morgan fingerprint density at radius 2 is 1.93 bits per heavy atom. The number of pyridine rings is 1. The first-order valence-corrected chi connectivity index (χ1v) is 10.2. The maximum Gasteiger partial charge on any atom is 0.257 e. The van der Waals surface area contributed by atoms with Gasteiger partial charge in [-0.3, -0.25) is 4.79 Å². The molecule has 0 bridgehead atoms. The van der Waals surface area contributed by atoms with E-state index in [4.69, 9.17) is 4.74 Å². The van der Waals surface area contributed by atoms with Crippen molar-refractivity contribution in [3.05, 3.63) is 66.4 Å². The number of amides is 1. The van der Waals surface area contributed by atoms with E-state index in [1.807, 2.05) is 42.5 Å². The summed E-state index contributed by atoms with van der Waals surface area (Å²) in [6, 6.07) is 19.7. The third-order valence-electron chi connectivity index (χ3n) is 5.50. The fourth-order valence-corrected chi connectivity index (χ4v) is 3.80. The zero-order valence-corrected chi connectivity index (χ0v) is 16.8.